The fraction of sp³-hybridized carbons (Fsp3) is 1.00. The van der Waals surface area contributed by atoms with Crippen LogP contribution in [0.2, 0.25) is 39.3 Å². The van der Waals surface area contributed by atoms with Crippen LogP contribution < -0.4 is 0 Å². The summed E-state index contributed by atoms with van der Waals surface area (Å²) in [5, 5.41) is 2.71. The molecule has 0 heterocycles. The van der Waals surface area contributed by atoms with Gasteiger partial charge >= 0.3 is 0 Å². The van der Waals surface area contributed by atoms with Crippen LogP contribution in [-0.4, -0.2) is 26.9 Å². The van der Waals surface area contributed by atoms with Gasteiger partial charge in [0.15, 0.2) is 0 Å². The van der Waals surface area contributed by atoms with Crippen molar-refractivity contribution >= 4 is 58.5 Å². The predicted molar refractivity (Wildman–Crippen MR) is 82.9 cm³/mol. The molecule has 0 saturated carbocycles. The largest absolute Gasteiger partial charge is 0.127 e. The Hall–Kier alpha value is 1.58. The summed E-state index contributed by atoms with van der Waals surface area (Å²) in [5.41, 5.74) is 0. The van der Waals surface area contributed by atoms with Crippen molar-refractivity contribution in [3.05, 3.63) is 0 Å². The minimum absolute atomic E-state index is 0.298. The summed E-state index contributed by atoms with van der Waals surface area (Å²) in [7, 11) is 6.74. The van der Waals surface area contributed by atoms with E-state index in [0.29, 0.717) is 9.45 Å². The Bertz CT molecular complexity index is 155. The van der Waals surface area contributed by atoms with Crippen LogP contribution in [0.4, 0.5) is 0 Å². The van der Waals surface area contributed by atoms with Gasteiger partial charge in [0, 0.05) is 21.7 Å². The lowest BCUT2D eigenvalue weighted by atomic mass is 11.7. The third-order valence-electron chi connectivity index (χ3n) is 1.19. The van der Waals surface area contributed by atoms with E-state index >= 15 is 0 Å². The van der Waals surface area contributed by atoms with Gasteiger partial charge in [-0.25, -0.2) is 0 Å². The van der Waals surface area contributed by atoms with Crippen molar-refractivity contribution in [3.63, 3.8) is 0 Å². The molecule has 0 atom stereocenters. The van der Waals surface area contributed by atoms with Crippen LogP contribution in [-0.2, 0) is 20.6 Å². The van der Waals surface area contributed by atoms with E-state index in [2.05, 4.69) is 61.0 Å². The second-order valence-corrected chi connectivity index (χ2v) is 20.7. The molecule has 0 aromatic heterocycles. The molecule has 0 spiro atoms. The number of halogens is 2. The zero-order chi connectivity index (χ0) is 12.0. The summed E-state index contributed by atoms with van der Waals surface area (Å²) >= 11 is 5.53. The molecule has 0 nitrogen and oxygen atoms in total. The fourth-order valence-electron chi connectivity index (χ4n) is 1.02. The van der Waals surface area contributed by atoms with Gasteiger partial charge < -0.3 is 0 Å². The van der Waals surface area contributed by atoms with Crippen molar-refractivity contribution in [3.8, 4) is 0 Å². The van der Waals surface area contributed by atoms with E-state index in [1.54, 1.807) is 0 Å². The smallest absolute Gasteiger partial charge is 0.0552 e. The quantitative estimate of drug-likeness (QED) is 0.701. The first-order chi connectivity index (χ1) is 6.10. The van der Waals surface area contributed by atoms with Gasteiger partial charge in [-0.05, 0) is 10.8 Å². The lowest BCUT2D eigenvalue weighted by Gasteiger charge is -2.22. The molecule has 0 radical (unpaired) electrons. The highest BCUT2D eigenvalue weighted by molar-refractivity contribution is 8.30. The van der Waals surface area contributed by atoms with Gasteiger partial charge in [0.1, 0.15) is 0 Å². The maximum atomic E-state index is 5.53. The van der Waals surface area contributed by atoms with Gasteiger partial charge in [0.25, 0.3) is 0 Å². The first kappa shape index (κ1) is 18.0. The van der Waals surface area contributed by atoms with Gasteiger partial charge in [0.2, 0.25) is 0 Å². The highest BCUT2D eigenvalue weighted by Crippen LogP contribution is 2.08. The average molecular weight is 309 g/mol. The molecule has 6 heteroatoms. The summed E-state index contributed by atoms with van der Waals surface area (Å²) in [5.74, 6) is 0. The lowest BCUT2D eigenvalue weighted by molar-refractivity contribution is 1.63. The summed E-state index contributed by atoms with van der Waals surface area (Å²) in [4.78, 5) is 0. The second kappa shape index (κ2) is 7.79. The van der Waals surface area contributed by atoms with E-state index in [4.69, 9.17) is 11.2 Å². The molecular weight excluding hydrogens is 287 g/mol. The number of hydrogen-bond acceptors (Lipinski definition) is 1. The van der Waals surface area contributed by atoms with Crippen molar-refractivity contribution in [2.24, 2.45) is 0 Å². The molecule has 0 amide bonds. The molecule has 0 saturated heterocycles. The Morgan fingerprint density at radius 2 is 1.07 bits per heavy atom. The molecule has 0 aromatic rings. The maximum Gasteiger partial charge on any atom is 0.0552 e. The number of hydrogen-bond donors (Lipinski definition) is 0. The van der Waals surface area contributed by atoms with Crippen LogP contribution in [0.3, 0.4) is 0 Å². The van der Waals surface area contributed by atoms with E-state index in [1.807, 2.05) is 0 Å². The number of rotatable bonds is 4. The zero-order valence-corrected chi connectivity index (χ0v) is 15.1. The van der Waals surface area contributed by atoms with E-state index in [1.165, 1.54) is 10.8 Å². The third-order valence-corrected chi connectivity index (χ3v) is 12.8. The van der Waals surface area contributed by atoms with E-state index in [0.717, 1.165) is 0 Å². The van der Waals surface area contributed by atoms with E-state index in [-0.39, 0.29) is 0 Å². The van der Waals surface area contributed by atoms with Crippen molar-refractivity contribution in [1.29, 1.82) is 0 Å². The Morgan fingerprint density at radius 1 is 0.857 bits per heavy atom. The van der Waals surface area contributed by atoms with Crippen molar-refractivity contribution in [2.45, 2.75) is 39.3 Å². The maximum absolute atomic E-state index is 5.53. The van der Waals surface area contributed by atoms with Crippen LogP contribution in [0.1, 0.15) is 0 Å². The predicted octanol–water partition coefficient (Wildman–Crippen LogP) is 4.20. The molecule has 0 aromatic carbocycles. The zero-order valence-electron chi connectivity index (χ0n) is 9.99. The molecule has 0 aliphatic carbocycles. The standard InChI is InChI=1S/C8H22S2Si2.Cl2/c1-11(2,3)7-10(9)8-12(4,5)6;1-2/h7-8H2,1-6H3;. The Kier molecular flexibility index (Phi) is 10.00. The van der Waals surface area contributed by atoms with Gasteiger partial charge in [0.05, 0.1) is 16.1 Å². The monoisotopic (exact) mass is 308 g/mol. The van der Waals surface area contributed by atoms with Gasteiger partial charge in [-0.2, -0.15) is 0 Å². The van der Waals surface area contributed by atoms with Gasteiger partial charge in [-0.1, -0.05) is 50.5 Å². The normalized spacial score (nSPS) is 12.4. The SMILES string of the molecule is C[Si](C)(C)CS(=S)C[Si](C)(C)C.ClCl. The summed E-state index contributed by atoms with van der Waals surface area (Å²) in [6.07, 6.45) is 0. The summed E-state index contributed by atoms with van der Waals surface area (Å²) < 4.78 is 0. The molecule has 0 unspecified atom stereocenters. The Labute approximate surface area is 108 Å². The van der Waals surface area contributed by atoms with Gasteiger partial charge in [-0.15, -0.1) is 9.45 Å². The third kappa shape index (κ3) is 16.0. The van der Waals surface area contributed by atoms with Crippen LogP contribution in [0, 0.1) is 0 Å². The van der Waals surface area contributed by atoms with Crippen LogP contribution in [0.15, 0.2) is 0 Å². The fourth-order valence-corrected chi connectivity index (χ4v) is 16.4. The minimum atomic E-state index is -0.890. The topological polar surface area (TPSA) is 0 Å². The van der Waals surface area contributed by atoms with Gasteiger partial charge in [-0.3, -0.25) is 0 Å². The molecule has 0 aliphatic rings. The average Bonchev–Trinajstić information content (AvgIpc) is 1.82. The summed E-state index contributed by atoms with van der Waals surface area (Å²) in [6.45, 7) is 14.5. The first-order valence-corrected chi connectivity index (χ1v) is 15.6. The molecular formula is C8H22Cl2S2Si2. The second-order valence-electron chi connectivity index (χ2n) is 5.85. The molecule has 14 heavy (non-hydrogen) atoms. The molecule has 0 bridgehead atoms. The van der Waals surface area contributed by atoms with Crippen molar-refractivity contribution in [1.82, 2.24) is 0 Å². The molecule has 0 aliphatic heterocycles. The van der Waals surface area contributed by atoms with Crippen LogP contribution in [0.5, 0.6) is 0 Å². The van der Waals surface area contributed by atoms with Crippen LogP contribution >= 0.6 is 21.7 Å². The van der Waals surface area contributed by atoms with Crippen molar-refractivity contribution in [2.75, 3.05) is 10.8 Å². The van der Waals surface area contributed by atoms with E-state index < -0.39 is 16.1 Å². The Balaban J connectivity index is 0. The summed E-state index contributed by atoms with van der Waals surface area (Å²) in [6, 6.07) is 0. The van der Waals surface area contributed by atoms with E-state index in [9.17, 15) is 0 Å². The highest BCUT2D eigenvalue weighted by atomic mass is 36.5. The minimum Gasteiger partial charge on any atom is -0.127 e. The molecule has 0 N–H and O–H groups in total. The molecule has 0 fully saturated rings. The first-order valence-electron chi connectivity index (χ1n) is 4.59. The highest BCUT2D eigenvalue weighted by Gasteiger charge is 2.20. The molecule has 0 rings (SSSR count). The molecule has 88 valence electrons. The lowest BCUT2D eigenvalue weighted by Crippen LogP contribution is -2.36. The van der Waals surface area contributed by atoms with Crippen LogP contribution in [0.25, 0.3) is 0 Å². The van der Waals surface area contributed by atoms with Crippen molar-refractivity contribution < 1.29 is 0 Å². The Morgan fingerprint density at radius 3 is 1.21 bits per heavy atom.